The Morgan fingerprint density at radius 1 is 1.17 bits per heavy atom. The maximum atomic E-state index is 14.4. The normalized spacial score (nSPS) is 15.1. The molecular formula is C28H30FN8O4+. The first-order valence-electron chi connectivity index (χ1n) is 13.3. The minimum absolute atomic E-state index is 0.0334. The molecule has 0 unspecified atom stereocenters. The maximum absolute atomic E-state index is 14.4. The lowest BCUT2D eigenvalue weighted by Gasteiger charge is -2.28. The van der Waals surface area contributed by atoms with Gasteiger partial charge in [-0.25, -0.2) is 9.37 Å². The molecule has 0 saturated carbocycles. The number of amides is 2. The average Bonchev–Trinajstić information content (AvgIpc) is 3.60. The number of primary amides is 1. The number of aromatic nitrogens is 3. The molecule has 13 heteroatoms. The summed E-state index contributed by atoms with van der Waals surface area (Å²) in [6.45, 7) is 3.65. The number of nitrogens with two attached hydrogens (primary N) is 1. The monoisotopic (exact) mass is 561 g/mol. The predicted octanol–water partition coefficient (Wildman–Crippen LogP) is 2.33. The summed E-state index contributed by atoms with van der Waals surface area (Å²) in [6, 6.07) is 9.82. The lowest BCUT2D eigenvalue weighted by Crippen LogP contribution is -2.44. The molecule has 12 nitrogen and oxygen atoms in total. The first-order valence-corrected chi connectivity index (χ1v) is 13.3. The Morgan fingerprint density at radius 3 is 2.78 bits per heavy atom. The van der Waals surface area contributed by atoms with E-state index in [1.807, 2.05) is 17.0 Å². The van der Waals surface area contributed by atoms with Crippen molar-refractivity contribution in [1.82, 2.24) is 14.9 Å². The fourth-order valence-electron chi connectivity index (χ4n) is 5.25. The van der Waals surface area contributed by atoms with Crippen molar-refractivity contribution in [3.05, 3.63) is 59.5 Å². The molecule has 0 atom stereocenters. The van der Waals surface area contributed by atoms with Crippen LogP contribution in [-0.4, -0.2) is 73.2 Å². The van der Waals surface area contributed by atoms with E-state index in [1.54, 1.807) is 25.4 Å². The number of methoxy groups -OCH3 is 1. The summed E-state index contributed by atoms with van der Waals surface area (Å²) in [6.07, 6.45) is 2.45. The Morgan fingerprint density at radius 2 is 2.00 bits per heavy atom. The molecule has 2 amide bonds. The molecule has 0 spiro atoms. The van der Waals surface area contributed by atoms with Gasteiger partial charge in [-0.3, -0.25) is 24.8 Å². The van der Waals surface area contributed by atoms with Crippen molar-refractivity contribution in [2.45, 2.75) is 6.42 Å². The van der Waals surface area contributed by atoms with Gasteiger partial charge < -0.3 is 25.4 Å². The second-order valence-corrected chi connectivity index (χ2v) is 9.84. The highest BCUT2D eigenvalue weighted by atomic mass is 19.1. The van der Waals surface area contributed by atoms with Crippen molar-refractivity contribution in [1.29, 1.82) is 0 Å². The van der Waals surface area contributed by atoms with Gasteiger partial charge in [-0.05, 0) is 36.2 Å². The highest BCUT2D eigenvalue weighted by Crippen LogP contribution is 2.38. The molecule has 212 valence electrons. The summed E-state index contributed by atoms with van der Waals surface area (Å²) in [5, 5.41) is 7.00. The molecule has 0 radical (unpaired) electrons. The topological polar surface area (TPSA) is 152 Å². The highest BCUT2D eigenvalue weighted by molar-refractivity contribution is 6.01. The Kier molecular flexibility index (Phi) is 7.12. The smallest absolute Gasteiger partial charge is 0.351 e. The Bertz CT molecular complexity index is 1640. The molecular weight excluding hydrogens is 531 g/mol. The Balaban J connectivity index is 1.31. The second-order valence-electron chi connectivity index (χ2n) is 9.84. The van der Waals surface area contributed by atoms with Gasteiger partial charge >= 0.3 is 5.95 Å². The van der Waals surface area contributed by atoms with Gasteiger partial charge in [0.05, 0.1) is 49.2 Å². The van der Waals surface area contributed by atoms with Crippen molar-refractivity contribution in [3.63, 3.8) is 0 Å². The van der Waals surface area contributed by atoms with E-state index in [9.17, 15) is 14.0 Å². The molecule has 2 aliphatic heterocycles. The molecule has 0 aliphatic carbocycles. The number of anilines is 5. The fourth-order valence-corrected chi connectivity index (χ4v) is 5.25. The molecule has 1 saturated heterocycles. The first-order chi connectivity index (χ1) is 19.9. The zero-order chi connectivity index (χ0) is 28.5. The zero-order valence-corrected chi connectivity index (χ0v) is 22.4. The molecule has 0 bridgehead atoms. The van der Waals surface area contributed by atoms with Crippen LogP contribution in [0.2, 0.25) is 0 Å². The fraction of sp³-hybridized carbons (Fsp3) is 0.286. The third-order valence-corrected chi connectivity index (χ3v) is 7.30. The molecule has 6 N–H and O–H groups in total. The Hall–Kier alpha value is -4.75. The van der Waals surface area contributed by atoms with Crippen LogP contribution < -0.4 is 31.0 Å². The van der Waals surface area contributed by atoms with E-state index >= 15 is 0 Å². The maximum Gasteiger partial charge on any atom is 0.351 e. The van der Waals surface area contributed by atoms with Gasteiger partial charge in [0.2, 0.25) is 17.4 Å². The van der Waals surface area contributed by atoms with Crippen molar-refractivity contribution in [2.24, 2.45) is 5.73 Å². The number of carbonyl (C=O) groups is 2. The van der Waals surface area contributed by atoms with Crippen LogP contribution >= 0.6 is 0 Å². The number of hydrogen-bond donors (Lipinski definition) is 4. The molecule has 41 heavy (non-hydrogen) atoms. The summed E-state index contributed by atoms with van der Waals surface area (Å²) in [7, 11) is 1.58. The second kappa shape index (κ2) is 11.0. The number of ether oxygens (including phenoxy) is 2. The van der Waals surface area contributed by atoms with Crippen LogP contribution in [0.1, 0.15) is 15.9 Å². The average molecular weight is 562 g/mol. The third kappa shape index (κ3) is 5.24. The number of morpholine rings is 1. The predicted molar refractivity (Wildman–Crippen MR) is 150 cm³/mol. The zero-order valence-electron chi connectivity index (χ0n) is 22.4. The van der Waals surface area contributed by atoms with Crippen LogP contribution in [0, 0.1) is 5.82 Å². The number of nitrogens with one attached hydrogen (secondary N) is 4. The summed E-state index contributed by atoms with van der Waals surface area (Å²) in [5.74, 6) is -0.314. The molecule has 4 aromatic rings. The summed E-state index contributed by atoms with van der Waals surface area (Å²) in [5.41, 5.74) is 8.43. The number of aromatic amines is 2. The minimum atomic E-state index is -0.896. The van der Waals surface area contributed by atoms with E-state index in [0.717, 1.165) is 30.8 Å². The summed E-state index contributed by atoms with van der Waals surface area (Å²) < 4.78 is 25.5. The van der Waals surface area contributed by atoms with E-state index in [2.05, 4.69) is 30.5 Å². The van der Waals surface area contributed by atoms with Gasteiger partial charge in [0.1, 0.15) is 11.5 Å². The van der Waals surface area contributed by atoms with Crippen LogP contribution in [0.4, 0.5) is 33.2 Å². The van der Waals surface area contributed by atoms with E-state index < -0.39 is 11.7 Å². The first kappa shape index (κ1) is 26.5. The number of rotatable bonds is 8. The lowest BCUT2D eigenvalue weighted by atomic mass is 10.1. The molecule has 2 aliphatic rings. The van der Waals surface area contributed by atoms with Crippen molar-refractivity contribution in [2.75, 3.05) is 62.0 Å². The number of carbonyl (C=O) groups excluding carboxylic acids is 2. The van der Waals surface area contributed by atoms with Gasteiger partial charge in [0, 0.05) is 31.9 Å². The van der Waals surface area contributed by atoms with Crippen molar-refractivity contribution < 1.29 is 28.4 Å². The van der Waals surface area contributed by atoms with Crippen LogP contribution in [0.5, 0.6) is 5.75 Å². The molecule has 6 rings (SSSR count). The highest BCUT2D eigenvalue weighted by Gasteiger charge is 2.29. The van der Waals surface area contributed by atoms with Crippen LogP contribution in [0.3, 0.4) is 0 Å². The number of H-pyrrole nitrogens is 2. The van der Waals surface area contributed by atoms with Gasteiger partial charge in [-0.15, -0.1) is 0 Å². The van der Waals surface area contributed by atoms with Gasteiger partial charge in [0.25, 0.3) is 5.91 Å². The number of nitrogens with zero attached hydrogens (tertiary/aromatic N) is 3. The molecule has 4 heterocycles. The lowest BCUT2D eigenvalue weighted by molar-refractivity contribution is -0.333. The van der Waals surface area contributed by atoms with Crippen molar-refractivity contribution in [3.8, 4) is 5.75 Å². The number of halogens is 1. The van der Waals surface area contributed by atoms with Gasteiger partial charge in [-0.2, -0.15) is 0 Å². The van der Waals surface area contributed by atoms with Crippen LogP contribution in [0.25, 0.3) is 11.0 Å². The van der Waals surface area contributed by atoms with E-state index in [4.69, 9.17) is 15.2 Å². The number of hydrogen-bond acceptors (Lipinski definition) is 8. The summed E-state index contributed by atoms with van der Waals surface area (Å²) in [4.78, 5) is 40.1. The van der Waals surface area contributed by atoms with E-state index in [-0.39, 0.29) is 17.2 Å². The van der Waals surface area contributed by atoms with Crippen molar-refractivity contribution >= 4 is 51.7 Å². The summed E-state index contributed by atoms with van der Waals surface area (Å²) >= 11 is 0. The van der Waals surface area contributed by atoms with Gasteiger partial charge in [0.15, 0.2) is 5.75 Å². The van der Waals surface area contributed by atoms with Crippen LogP contribution in [-0.2, 0) is 16.0 Å². The van der Waals surface area contributed by atoms with Gasteiger partial charge in [-0.1, -0.05) is 11.1 Å². The van der Waals surface area contributed by atoms with Crippen LogP contribution in [0.15, 0.2) is 42.6 Å². The molecule has 2 aromatic carbocycles. The number of fused-ring (bicyclic) bond motifs is 2. The third-order valence-electron chi connectivity index (χ3n) is 7.30. The van der Waals surface area contributed by atoms with E-state index in [0.29, 0.717) is 60.5 Å². The SMILES string of the molecule is COc1cc2c(cc1Nc1nc(Nc3cccc(F)c3C(N)=O)c3cc[nH]c3[nH+]1)N(C(=O)CN1CCOCC1)CC2. The van der Waals surface area contributed by atoms with E-state index in [1.165, 1.54) is 12.1 Å². The number of benzene rings is 2. The molecule has 2 aromatic heterocycles. The Labute approximate surface area is 234 Å². The molecule has 1 fully saturated rings. The largest absolute Gasteiger partial charge is 0.493 e. The minimum Gasteiger partial charge on any atom is -0.493 e. The standard InChI is InChI=1S/C28H29FN8O4/c1-40-22-13-16-6-8-37(23(38)15-36-9-11-41-12-10-36)21(16)14-20(22)33-28-34-26-17(5-7-31-26)27(35-28)32-19-4-2-3-18(29)24(19)25(30)39/h2-5,7,13-14H,6,8-12,15H2,1H3,(H2,30,39)(H3,31,32,33,34,35)/p+1. The quantitative estimate of drug-likeness (QED) is 0.256.